The van der Waals surface area contributed by atoms with Crippen LogP contribution in [0, 0.1) is 6.92 Å². The highest BCUT2D eigenvalue weighted by Crippen LogP contribution is 2.37. The summed E-state index contributed by atoms with van der Waals surface area (Å²) in [6.45, 7) is 3.71. The number of benzene rings is 2. The van der Waals surface area contributed by atoms with Crippen molar-refractivity contribution in [2.24, 2.45) is 4.99 Å². The SMILES string of the molecule is CC(=O)OC[C@H]1O[C@@H](N2C=Nc3nc[nH]c3C2NC(=O)c2ccccc2)[C@H](OC(C)=O)[C@H]1OS(=O)(=O)c1ccc(C)cc1. The van der Waals surface area contributed by atoms with Crippen LogP contribution in [0.1, 0.15) is 41.6 Å². The molecule has 14 nitrogen and oxygen atoms in total. The van der Waals surface area contributed by atoms with Crippen molar-refractivity contribution < 1.29 is 41.2 Å². The summed E-state index contributed by atoms with van der Waals surface area (Å²) in [5.41, 5.74) is 1.60. The first-order valence-corrected chi connectivity index (χ1v) is 14.6. The minimum atomic E-state index is -4.41. The Hall–Kier alpha value is -4.60. The van der Waals surface area contributed by atoms with Crippen LogP contribution in [-0.4, -0.2) is 78.6 Å². The number of nitrogens with zero attached hydrogens (tertiary/aromatic N) is 3. The minimum Gasteiger partial charge on any atom is -0.463 e. The van der Waals surface area contributed by atoms with E-state index >= 15 is 0 Å². The molecule has 1 saturated heterocycles. The molecule has 1 unspecified atom stereocenters. The fraction of sp³-hybridized carbons (Fsp3) is 0.321. The van der Waals surface area contributed by atoms with Crippen LogP contribution in [-0.2, 0) is 38.1 Å². The van der Waals surface area contributed by atoms with Gasteiger partial charge in [-0.25, -0.2) is 9.98 Å². The van der Waals surface area contributed by atoms with E-state index in [-0.39, 0.29) is 4.90 Å². The van der Waals surface area contributed by atoms with Gasteiger partial charge in [0, 0.05) is 19.4 Å². The number of aromatic nitrogens is 2. The number of H-pyrrole nitrogens is 1. The molecule has 5 rings (SSSR count). The molecule has 2 aliphatic heterocycles. The lowest BCUT2D eigenvalue weighted by Gasteiger charge is -2.38. The van der Waals surface area contributed by atoms with Gasteiger partial charge < -0.3 is 29.4 Å². The Balaban J connectivity index is 1.52. The van der Waals surface area contributed by atoms with Crippen molar-refractivity contribution in [3.8, 4) is 0 Å². The van der Waals surface area contributed by atoms with Gasteiger partial charge in [0.2, 0.25) is 0 Å². The van der Waals surface area contributed by atoms with Crippen molar-refractivity contribution in [2.45, 2.75) is 56.4 Å². The average Bonchev–Trinajstić information content (AvgIpc) is 3.57. The Morgan fingerprint density at radius 1 is 1.02 bits per heavy atom. The number of amides is 1. The number of fused-ring (bicyclic) bond motifs is 1. The number of hydrogen-bond acceptors (Lipinski definition) is 12. The summed E-state index contributed by atoms with van der Waals surface area (Å²) < 4.78 is 49.3. The summed E-state index contributed by atoms with van der Waals surface area (Å²) in [4.78, 5) is 50.0. The van der Waals surface area contributed by atoms with Crippen LogP contribution < -0.4 is 5.32 Å². The summed E-state index contributed by atoms with van der Waals surface area (Å²) in [5, 5.41) is 2.90. The van der Waals surface area contributed by atoms with Crippen molar-refractivity contribution >= 4 is 40.1 Å². The lowest BCUT2D eigenvalue weighted by atomic mass is 10.1. The smallest absolute Gasteiger partial charge is 0.303 e. The van der Waals surface area contributed by atoms with Gasteiger partial charge in [-0.3, -0.25) is 18.6 Å². The second kappa shape index (κ2) is 12.3. The Morgan fingerprint density at radius 2 is 1.74 bits per heavy atom. The molecule has 2 aromatic carbocycles. The highest BCUT2D eigenvalue weighted by atomic mass is 32.2. The van der Waals surface area contributed by atoms with E-state index in [1.807, 2.05) is 0 Å². The molecule has 0 aliphatic carbocycles. The molecular weight excluding hydrogens is 582 g/mol. The van der Waals surface area contributed by atoms with Gasteiger partial charge in [0.25, 0.3) is 16.0 Å². The number of rotatable bonds is 9. The third-order valence-corrected chi connectivity index (χ3v) is 8.04. The summed E-state index contributed by atoms with van der Waals surface area (Å²) in [5.74, 6) is -1.55. The lowest BCUT2D eigenvalue weighted by molar-refractivity contribution is -0.158. The maximum atomic E-state index is 13.4. The number of aliphatic imine (C=N–C) groups is 1. The third kappa shape index (κ3) is 6.58. The zero-order chi connectivity index (χ0) is 30.7. The maximum absolute atomic E-state index is 13.4. The predicted octanol–water partition coefficient (Wildman–Crippen LogP) is 2.12. The fourth-order valence-electron chi connectivity index (χ4n) is 4.72. The van der Waals surface area contributed by atoms with Crippen molar-refractivity contribution in [2.75, 3.05) is 6.61 Å². The van der Waals surface area contributed by atoms with Crippen LogP contribution >= 0.6 is 0 Å². The van der Waals surface area contributed by atoms with E-state index in [1.54, 1.807) is 49.4 Å². The first kappa shape index (κ1) is 29.9. The first-order chi connectivity index (χ1) is 20.5. The van der Waals surface area contributed by atoms with Crippen molar-refractivity contribution in [1.29, 1.82) is 0 Å². The topological polar surface area (TPSA) is 179 Å². The number of carbonyl (C=O) groups is 3. The van der Waals surface area contributed by atoms with Gasteiger partial charge in [0.15, 0.2) is 18.1 Å². The Bertz CT molecular complexity index is 1630. The molecular formula is C28H29N5O9S. The van der Waals surface area contributed by atoms with Crippen LogP contribution in [0.15, 0.2) is 70.8 Å². The largest absolute Gasteiger partial charge is 0.463 e. The molecule has 1 amide bonds. The van der Waals surface area contributed by atoms with Gasteiger partial charge in [-0.1, -0.05) is 35.9 Å². The Labute approximate surface area is 247 Å². The predicted molar refractivity (Wildman–Crippen MR) is 149 cm³/mol. The number of hydrogen-bond donors (Lipinski definition) is 2. The van der Waals surface area contributed by atoms with E-state index in [2.05, 4.69) is 20.3 Å². The van der Waals surface area contributed by atoms with Crippen LogP contribution in [0.4, 0.5) is 5.82 Å². The monoisotopic (exact) mass is 611 g/mol. The third-order valence-electron chi connectivity index (χ3n) is 6.72. The van der Waals surface area contributed by atoms with Crippen molar-refractivity contribution in [3.05, 3.63) is 77.7 Å². The number of imidazole rings is 1. The van der Waals surface area contributed by atoms with Gasteiger partial charge in [-0.05, 0) is 31.2 Å². The molecule has 0 bridgehead atoms. The number of aromatic amines is 1. The lowest BCUT2D eigenvalue weighted by Crippen LogP contribution is -2.52. The van der Waals surface area contributed by atoms with E-state index in [0.717, 1.165) is 12.5 Å². The summed E-state index contributed by atoms with van der Waals surface area (Å²) in [6, 6.07) is 14.4. The van der Waals surface area contributed by atoms with Gasteiger partial charge in [-0.15, -0.1) is 0 Å². The van der Waals surface area contributed by atoms with Crippen LogP contribution in [0.25, 0.3) is 0 Å². The number of nitrogens with one attached hydrogen (secondary N) is 2. The fourth-order valence-corrected chi connectivity index (χ4v) is 5.82. The highest BCUT2D eigenvalue weighted by molar-refractivity contribution is 7.86. The van der Waals surface area contributed by atoms with E-state index in [4.69, 9.17) is 18.4 Å². The Kier molecular flexibility index (Phi) is 8.57. The van der Waals surface area contributed by atoms with Crippen molar-refractivity contribution in [3.63, 3.8) is 0 Å². The molecule has 2 N–H and O–H groups in total. The van der Waals surface area contributed by atoms with E-state index in [0.29, 0.717) is 17.1 Å². The molecule has 3 aromatic rings. The molecule has 1 fully saturated rings. The van der Waals surface area contributed by atoms with Crippen LogP contribution in [0.5, 0.6) is 0 Å². The molecule has 5 atom stereocenters. The first-order valence-electron chi connectivity index (χ1n) is 13.2. The van der Waals surface area contributed by atoms with Gasteiger partial charge in [0.05, 0.1) is 17.6 Å². The second-order valence-corrected chi connectivity index (χ2v) is 11.4. The summed E-state index contributed by atoms with van der Waals surface area (Å²) in [6.07, 6.45) is -3.56. The number of aryl methyl sites for hydroxylation is 1. The second-order valence-electron chi connectivity index (χ2n) is 9.84. The molecule has 0 saturated carbocycles. The normalized spacial score (nSPS) is 23.0. The average molecular weight is 612 g/mol. The highest BCUT2D eigenvalue weighted by Gasteiger charge is 2.54. The van der Waals surface area contributed by atoms with Crippen LogP contribution in [0.2, 0.25) is 0 Å². The summed E-state index contributed by atoms with van der Waals surface area (Å²) in [7, 11) is -4.41. The minimum absolute atomic E-state index is 0.135. The number of esters is 2. The molecule has 0 spiro atoms. The van der Waals surface area contributed by atoms with Gasteiger partial charge in [0.1, 0.15) is 30.7 Å². The molecule has 3 heterocycles. The zero-order valence-electron chi connectivity index (χ0n) is 23.4. The van der Waals surface area contributed by atoms with Gasteiger partial charge in [-0.2, -0.15) is 8.42 Å². The van der Waals surface area contributed by atoms with E-state index in [1.165, 1.54) is 36.6 Å². The van der Waals surface area contributed by atoms with Crippen LogP contribution in [0.3, 0.4) is 0 Å². The standard InChI is InChI=1S/C28H29N5O9S/c1-16-9-11-20(12-10-16)43(37,38)42-23-21(13-39-17(2)34)41-28(24(23)40-18(3)35)33-15-31-25-22(29-14-30-25)26(33)32-27(36)19-7-5-4-6-8-19/h4-12,14-15,21,23-24,26,28H,13H2,1-3H3,(H,29,30)(H,32,36)/t21-,23+,24-,26?,28-/m1/s1. The number of ether oxygens (including phenoxy) is 3. The van der Waals surface area contributed by atoms with E-state index < -0.39 is 65.3 Å². The molecule has 2 aliphatic rings. The molecule has 43 heavy (non-hydrogen) atoms. The quantitative estimate of drug-likeness (QED) is 0.267. The maximum Gasteiger partial charge on any atom is 0.303 e. The zero-order valence-corrected chi connectivity index (χ0v) is 24.2. The molecule has 0 radical (unpaired) electrons. The molecule has 1 aromatic heterocycles. The molecule has 226 valence electrons. The molecule has 15 heteroatoms. The summed E-state index contributed by atoms with van der Waals surface area (Å²) >= 11 is 0. The van der Waals surface area contributed by atoms with E-state index in [9.17, 15) is 22.8 Å². The number of carbonyl (C=O) groups excluding carboxylic acids is 3. The Morgan fingerprint density at radius 3 is 2.42 bits per heavy atom. The van der Waals surface area contributed by atoms with Crippen molar-refractivity contribution in [1.82, 2.24) is 20.2 Å². The van der Waals surface area contributed by atoms with Gasteiger partial charge >= 0.3 is 11.9 Å².